The summed E-state index contributed by atoms with van der Waals surface area (Å²) < 4.78 is 20.6. The first-order chi connectivity index (χ1) is 12.0. The van der Waals surface area contributed by atoms with Gasteiger partial charge in [0.2, 0.25) is 11.8 Å². The molecule has 2 aromatic heterocycles. The van der Waals surface area contributed by atoms with Gasteiger partial charge in [-0.15, -0.1) is 5.10 Å². The number of halogens is 1. The molecule has 2 heterocycles. The number of carbonyl (C=O) groups is 1. The van der Waals surface area contributed by atoms with Crippen LogP contribution in [0.15, 0.2) is 30.5 Å². The Balaban J connectivity index is 1.58. The minimum Gasteiger partial charge on any atom is -0.437 e. The Morgan fingerprint density at radius 3 is 2.96 bits per heavy atom. The van der Waals surface area contributed by atoms with E-state index in [2.05, 4.69) is 15.4 Å². The van der Waals surface area contributed by atoms with Crippen LogP contribution in [-0.2, 0) is 4.79 Å². The second kappa shape index (κ2) is 5.73. The highest BCUT2D eigenvalue weighted by molar-refractivity contribution is 5.93. The number of hydrogen-bond donors (Lipinski definition) is 2. The number of benzene rings is 1. The molecule has 0 spiro atoms. The van der Waals surface area contributed by atoms with Crippen LogP contribution in [0.1, 0.15) is 18.4 Å². The maximum absolute atomic E-state index is 13.4. The highest BCUT2D eigenvalue weighted by Crippen LogP contribution is 2.30. The van der Waals surface area contributed by atoms with Gasteiger partial charge in [-0.3, -0.25) is 4.79 Å². The molecule has 25 heavy (non-hydrogen) atoms. The van der Waals surface area contributed by atoms with Crippen LogP contribution in [0.2, 0.25) is 0 Å². The van der Waals surface area contributed by atoms with Crippen molar-refractivity contribution in [2.24, 2.45) is 5.92 Å². The van der Waals surface area contributed by atoms with Crippen molar-refractivity contribution in [3.05, 3.63) is 41.8 Å². The number of hydrogen-bond acceptors (Lipinski definition) is 5. The van der Waals surface area contributed by atoms with Gasteiger partial charge in [0.05, 0.1) is 11.9 Å². The normalized spacial score (nSPS) is 13.8. The Labute approximate surface area is 142 Å². The summed E-state index contributed by atoms with van der Waals surface area (Å²) in [4.78, 5) is 16.1. The first kappa shape index (κ1) is 15.4. The molecule has 0 aliphatic heterocycles. The van der Waals surface area contributed by atoms with E-state index in [0.717, 1.165) is 12.8 Å². The predicted molar refractivity (Wildman–Crippen MR) is 90.0 cm³/mol. The maximum Gasteiger partial charge on any atom is 0.237 e. The number of anilines is 2. The highest BCUT2D eigenvalue weighted by Gasteiger charge is 2.30. The molecule has 1 saturated carbocycles. The van der Waals surface area contributed by atoms with Gasteiger partial charge in [-0.2, -0.15) is 0 Å². The molecule has 0 saturated heterocycles. The fourth-order valence-electron chi connectivity index (χ4n) is 2.44. The molecular formula is C17H16FN5O2. The topological polar surface area (TPSA) is 94.5 Å². The number of carbonyl (C=O) groups excluding carboxylic acids is 1. The summed E-state index contributed by atoms with van der Waals surface area (Å²) in [7, 11) is 0. The average molecular weight is 341 g/mol. The van der Waals surface area contributed by atoms with Crippen molar-refractivity contribution < 1.29 is 13.9 Å². The van der Waals surface area contributed by atoms with Crippen LogP contribution in [0.4, 0.5) is 15.9 Å². The van der Waals surface area contributed by atoms with Crippen molar-refractivity contribution in [1.29, 1.82) is 0 Å². The van der Waals surface area contributed by atoms with Crippen LogP contribution in [-0.4, -0.2) is 20.5 Å². The summed E-state index contributed by atoms with van der Waals surface area (Å²) in [6.45, 7) is 1.72. The Hall–Kier alpha value is -3.16. The van der Waals surface area contributed by atoms with E-state index >= 15 is 0 Å². The van der Waals surface area contributed by atoms with Gasteiger partial charge in [-0.1, -0.05) is 0 Å². The molecule has 128 valence electrons. The molecule has 0 unspecified atom stereocenters. The summed E-state index contributed by atoms with van der Waals surface area (Å²) in [6.07, 6.45) is 3.47. The van der Waals surface area contributed by atoms with Gasteiger partial charge in [0.15, 0.2) is 11.5 Å². The predicted octanol–water partition coefficient (Wildman–Crippen LogP) is 2.90. The van der Waals surface area contributed by atoms with Gasteiger partial charge in [0.1, 0.15) is 11.6 Å². The Morgan fingerprint density at radius 1 is 1.40 bits per heavy atom. The van der Waals surface area contributed by atoms with Crippen molar-refractivity contribution in [2.45, 2.75) is 19.8 Å². The molecule has 3 N–H and O–H groups in total. The van der Waals surface area contributed by atoms with Crippen LogP contribution in [0.3, 0.4) is 0 Å². The number of nitrogen functional groups attached to an aromatic ring is 1. The third-order valence-electron chi connectivity index (χ3n) is 4.00. The van der Waals surface area contributed by atoms with Crippen molar-refractivity contribution in [2.75, 3.05) is 11.1 Å². The summed E-state index contributed by atoms with van der Waals surface area (Å²) in [5, 5.41) is 7.07. The first-order valence-corrected chi connectivity index (χ1v) is 7.90. The van der Waals surface area contributed by atoms with Gasteiger partial charge in [0, 0.05) is 18.1 Å². The van der Waals surface area contributed by atoms with Gasteiger partial charge in [0.25, 0.3) is 0 Å². The average Bonchev–Trinajstić information content (AvgIpc) is 3.34. The highest BCUT2D eigenvalue weighted by atomic mass is 19.1. The van der Waals surface area contributed by atoms with Crippen LogP contribution in [0.5, 0.6) is 11.6 Å². The molecule has 0 radical (unpaired) electrons. The molecule has 4 rings (SSSR count). The molecule has 1 aliphatic rings. The number of ether oxygens (including phenoxy) is 1. The number of rotatable bonds is 4. The lowest BCUT2D eigenvalue weighted by Gasteiger charge is -2.09. The van der Waals surface area contributed by atoms with E-state index in [1.807, 2.05) is 0 Å². The van der Waals surface area contributed by atoms with E-state index in [1.165, 1.54) is 16.6 Å². The molecule has 3 aromatic rings. The fourth-order valence-corrected chi connectivity index (χ4v) is 2.44. The number of amides is 1. The zero-order valence-electron chi connectivity index (χ0n) is 13.5. The van der Waals surface area contributed by atoms with E-state index in [1.54, 1.807) is 25.3 Å². The zero-order valence-corrected chi connectivity index (χ0v) is 13.5. The number of aryl methyl sites for hydroxylation is 1. The number of nitrogens with two attached hydrogens (primary N) is 1. The standard InChI is InChI=1S/C17H16FN5O2/c1-9-6-11(18)12(19)7-13(9)25-16-5-4-15-20-14(8-23(15)22-16)21-17(24)10-2-3-10/h4-8,10H,2-3,19H2,1H3,(H,21,24). The molecule has 8 heteroatoms. The molecule has 0 atom stereocenters. The lowest BCUT2D eigenvalue weighted by Crippen LogP contribution is -2.13. The summed E-state index contributed by atoms with van der Waals surface area (Å²) in [6, 6.07) is 6.10. The molecule has 1 fully saturated rings. The number of nitrogens with zero attached hydrogens (tertiary/aromatic N) is 3. The second-order valence-electron chi connectivity index (χ2n) is 6.11. The molecular weight excluding hydrogens is 325 g/mol. The number of nitrogens with one attached hydrogen (secondary N) is 1. The summed E-state index contributed by atoms with van der Waals surface area (Å²) >= 11 is 0. The number of fused-ring (bicyclic) bond motifs is 1. The van der Waals surface area contributed by atoms with E-state index in [-0.39, 0.29) is 17.5 Å². The minimum absolute atomic E-state index is 0.00869. The minimum atomic E-state index is -0.487. The van der Waals surface area contributed by atoms with Crippen molar-refractivity contribution in [3.8, 4) is 11.6 Å². The van der Waals surface area contributed by atoms with Gasteiger partial charge >= 0.3 is 0 Å². The van der Waals surface area contributed by atoms with Crippen LogP contribution in [0, 0.1) is 18.7 Å². The number of imidazole rings is 1. The monoisotopic (exact) mass is 341 g/mol. The lowest BCUT2D eigenvalue weighted by molar-refractivity contribution is -0.117. The van der Waals surface area contributed by atoms with Gasteiger partial charge < -0.3 is 15.8 Å². The van der Waals surface area contributed by atoms with E-state index in [9.17, 15) is 9.18 Å². The smallest absolute Gasteiger partial charge is 0.237 e. The Kier molecular flexibility index (Phi) is 3.52. The van der Waals surface area contributed by atoms with E-state index < -0.39 is 5.82 Å². The van der Waals surface area contributed by atoms with Gasteiger partial charge in [-0.25, -0.2) is 13.9 Å². The van der Waals surface area contributed by atoms with Crippen molar-refractivity contribution in [1.82, 2.24) is 14.6 Å². The molecule has 0 bridgehead atoms. The molecule has 1 aliphatic carbocycles. The SMILES string of the molecule is Cc1cc(F)c(N)cc1Oc1ccc2nc(NC(=O)C3CC3)cn2n1. The number of aromatic nitrogens is 3. The van der Waals surface area contributed by atoms with Gasteiger partial charge in [-0.05, 0) is 37.5 Å². The summed E-state index contributed by atoms with van der Waals surface area (Å²) in [5.41, 5.74) is 6.78. The third kappa shape index (κ3) is 3.10. The zero-order chi connectivity index (χ0) is 17.6. The molecule has 1 aromatic carbocycles. The summed E-state index contributed by atoms with van der Waals surface area (Å²) in [5.74, 6) is 0.774. The van der Waals surface area contributed by atoms with E-state index in [4.69, 9.17) is 10.5 Å². The van der Waals surface area contributed by atoms with Crippen molar-refractivity contribution in [3.63, 3.8) is 0 Å². The van der Waals surface area contributed by atoms with Crippen LogP contribution in [0.25, 0.3) is 5.65 Å². The van der Waals surface area contributed by atoms with Crippen molar-refractivity contribution >= 4 is 23.1 Å². The fraction of sp³-hybridized carbons (Fsp3) is 0.235. The maximum atomic E-state index is 13.4. The van der Waals surface area contributed by atoms with E-state index in [0.29, 0.717) is 28.7 Å². The first-order valence-electron chi connectivity index (χ1n) is 7.90. The third-order valence-corrected chi connectivity index (χ3v) is 4.00. The second-order valence-corrected chi connectivity index (χ2v) is 6.11. The molecule has 7 nitrogen and oxygen atoms in total. The van der Waals surface area contributed by atoms with Crippen LogP contribution < -0.4 is 15.8 Å². The molecule has 1 amide bonds. The Bertz CT molecular complexity index is 981. The quantitative estimate of drug-likeness (QED) is 0.712. The Morgan fingerprint density at radius 2 is 2.20 bits per heavy atom. The van der Waals surface area contributed by atoms with Crippen LogP contribution >= 0.6 is 0 Å². The largest absolute Gasteiger partial charge is 0.437 e. The lowest BCUT2D eigenvalue weighted by atomic mass is 10.2.